The fraction of sp³-hybridized carbons (Fsp3) is 0.500. The SMILES string of the molecule is O=C1CCC(C(=O)N2CCSC(c3ccccc3Cl)CC2)NN1. The average Bonchev–Trinajstić information content (AvgIpc) is 2.81. The van der Waals surface area contributed by atoms with E-state index < -0.39 is 0 Å². The zero-order chi connectivity index (χ0) is 16.2. The number of hydrazine groups is 1. The van der Waals surface area contributed by atoms with E-state index in [4.69, 9.17) is 11.6 Å². The first kappa shape index (κ1) is 16.6. The Bertz CT molecular complexity index is 588. The summed E-state index contributed by atoms with van der Waals surface area (Å²) >= 11 is 8.15. The van der Waals surface area contributed by atoms with Crippen molar-refractivity contribution in [1.29, 1.82) is 0 Å². The summed E-state index contributed by atoms with van der Waals surface area (Å²) in [5, 5.41) is 1.11. The van der Waals surface area contributed by atoms with Gasteiger partial charge >= 0.3 is 0 Å². The minimum atomic E-state index is -0.311. The molecule has 1 aromatic carbocycles. The first-order chi connectivity index (χ1) is 11.1. The highest BCUT2D eigenvalue weighted by Gasteiger charge is 2.30. The lowest BCUT2D eigenvalue weighted by atomic mass is 10.1. The van der Waals surface area contributed by atoms with Crippen LogP contribution in [0.2, 0.25) is 5.02 Å². The van der Waals surface area contributed by atoms with Crippen LogP contribution in [-0.2, 0) is 9.59 Å². The Morgan fingerprint density at radius 3 is 2.83 bits per heavy atom. The Hall–Kier alpha value is -1.24. The summed E-state index contributed by atoms with van der Waals surface area (Å²) in [5.41, 5.74) is 6.52. The van der Waals surface area contributed by atoms with Crippen LogP contribution in [0, 0.1) is 0 Å². The number of carbonyl (C=O) groups excluding carboxylic acids is 2. The molecule has 23 heavy (non-hydrogen) atoms. The molecule has 2 fully saturated rings. The number of halogens is 1. The number of amides is 2. The van der Waals surface area contributed by atoms with Crippen LogP contribution in [0.5, 0.6) is 0 Å². The van der Waals surface area contributed by atoms with Crippen LogP contribution in [0.3, 0.4) is 0 Å². The molecule has 0 spiro atoms. The molecule has 2 aliphatic heterocycles. The molecule has 2 aliphatic rings. The Labute approximate surface area is 145 Å². The van der Waals surface area contributed by atoms with Gasteiger partial charge in [-0.05, 0) is 24.5 Å². The topological polar surface area (TPSA) is 61.4 Å². The molecule has 124 valence electrons. The van der Waals surface area contributed by atoms with Crippen molar-refractivity contribution in [3.05, 3.63) is 34.9 Å². The third kappa shape index (κ3) is 4.00. The lowest BCUT2D eigenvalue weighted by Crippen LogP contribution is -2.56. The second-order valence-electron chi connectivity index (χ2n) is 5.78. The molecular weight excluding hydrogens is 334 g/mol. The van der Waals surface area contributed by atoms with Gasteiger partial charge in [0.15, 0.2) is 0 Å². The van der Waals surface area contributed by atoms with Gasteiger partial charge in [0, 0.05) is 35.5 Å². The van der Waals surface area contributed by atoms with Gasteiger partial charge in [-0.1, -0.05) is 29.8 Å². The highest BCUT2D eigenvalue weighted by atomic mass is 35.5. The molecule has 2 atom stereocenters. The predicted octanol–water partition coefficient (Wildman–Crippen LogP) is 2.13. The van der Waals surface area contributed by atoms with Gasteiger partial charge in [0.2, 0.25) is 11.8 Å². The van der Waals surface area contributed by atoms with E-state index in [1.54, 1.807) is 0 Å². The van der Waals surface area contributed by atoms with E-state index in [0.29, 0.717) is 24.6 Å². The summed E-state index contributed by atoms with van der Waals surface area (Å²) in [6, 6.07) is 7.61. The fourth-order valence-electron chi connectivity index (χ4n) is 2.96. The quantitative estimate of drug-likeness (QED) is 0.855. The van der Waals surface area contributed by atoms with Crippen LogP contribution < -0.4 is 10.9 Å². The van der Waals surface area contributed by atoms with E-state index in [9.17, 15) is 9.59 Å². The van der Waals surface area contributed by atoms with E-state index in [-0.39, 0.29) is 17.9 Å². The lowest BCUT2D eigenvalue weighted by Gasteiger charge is -2.29. The van der Waals surface area contributed by atoms with E-state index in [1.165, 1.54) is 0 Å². The number of benzene rings is 1. The van der Waals surface area contributed by atoms with E-state index in [0.717, 1.165) is 29.3 Å². The zero-order valence-corrected chi connectivity index (χ0v) is 14.3. The largest absolute Gasteiger partial charge is 0.340 e. The van der Waals surface area contributed by atoms with E-state index >= 15 is 0 Å². The minimum absolute atomic E-state index is 0.0562. The smallest absolute Gasteiger partial charge is 0.241 e. The van der Waals surface area contributed by atoms with E-state index in [1.807, 2.05) is 34.9 Å². The normalized spacial score (nSPS) is 25.6. The van der Waals surface area contributed by atoms with Gasteiger partial charge in [-0.3, -0.25) is 15.0 Å². The molecule has 5 nitrogen and oxygen atoms in total. The van der Waals surface area contributed by atoms with Gasteiger partial charge in [-0.25, -0.2) is 5.43 Å². The number of thioether (sulfide) groups is 1. The average molecular weight is 354 g/mol. The summed E-state index contributed by atoms with van der Waals surface area (Å²) < 4.78 is 0. The van der Waals surface area contributed by atoms with Gasteiger partial charge in [0.25, 0.3) is 0 Å². The van der Waals surface area contributed by atoms with Crippen LogP contribution >= 0.6 is 23.4 Å². The molecule has 0 radical (unpaired) electrons. The monoisotopic (exact) mass is 353 g/mol. The predicted molar refractivity (Wildman–Crippen MR) is 92.1 cm³/mol. The number of hydrogen-bond acceptors (Lipinski definition) is 4. The second kappa shape index (κ2) is 7.55. The standard InChI is InChI=1S/C16H20ClN3O2S/c17-12-4-2-1-3-11(12)14-7-8-20(9-10-23-14)16(22)13-5-6-15(21)19-18-13/h1-4,13-14,18H,5-10H2,(H,19,21). The highest BCUT2D eigenvalue weighted by molar-refractivity contribution is 7.99. The molecule has 1 aromatic rings. The van der Waals surface area contributed by atoms with Crippen molar-refractivity contribution in [3.63, 3.8) is 0 Å². The molecule has 2 amide bonds. The summed E-state index contributed by atoms with van der Waals surface area (Å²) in [6.07, 6.45) is 1.84. The van der Waals surface area contributed by atoms with Crippen molar-refractivity contribution < 1.29 is 9.59 Å². The number of carbonyl (C=O) groups is 2. The molecule has 0 bridgehead atoms. The van der Waals surface area contributed by atoms with Gasteiger partial charge < -0.3 is 4.90 Å². The summed E-state index contributed by atoms with van der Waals surface area (Å²) in [4.78, 5) is 25.7. The number of hydrogen-bond donors (Lipinski definition) is 2. The fourth-order valence-corrected chi connectivity index (χ4v) is 4.56. The Kier molecular flexibility index (Phi) is 5.46. The maximum absolute atomic E-state index is 12.6. The third-order valence-corrected chi connectivity index (χ3v) is 5.90. The first-order valence-corrected chi connectivity index (χ1v) is 9.27. The molecule has 0 aliphatic carbocycles. The second-order valence-corrected chi connectivity index (χ2v) is 7.50. The van der Waals surface area contributed by atoms with Gasteiger partial charge in [-0.2, -0.15) is 11.8 Å². The molecule has 3 rings (SSSR count). The molecule has 0 aromatic heterocycles. The molecule has 2 saturated heterocycles. The maximum atomic E-state index is 12.6. The van der Waals surface area contributed by atoms with Crippen molar-refractivity contribution >= 4 is 35.2 Å². The molecule has 7 heteroatoms. The maximum Gasteiger partial charge on any atom is 0.241 e. The van der Waals surface area contributed by atoms with Crippen molar-refractivity contribution in [2.75, 3.05) is 18.8 Å². The van der Waals surface area contributed by atoms with Crippen LogP contribution in [0.1, 0.15) is 30.1 Å². The zero-order valence-electron chi connectivity index (χ0n) is 12.8. The first-order valence-electron chi connectivity index (χ1n) is 7.84. The Balaban J connectivity index is 1.61. The van der Waals surface area contributed by atoms with E-state index in [2.05, 4.69) is 16.9 Å². The van der Waals surface area contributed by atoms with Gasteiger partial charge in [0.1, 0.15) is 6.04 Å². The van der Waals surface area contributed by atoms with Crippen molar-refractivity contribution in [1.82, 2.24) is 15.8 Å². The van der Waals surface area contributed by atoms with Gasteiger partial charge in [-0.15, -0.1) is 0 Å². The van der Waals surface area contributed by atoms with Crippen LogP contribution in [0.4, 0.5) is 0 Å². The number of rotatable bonds is 2. The molecule has 2 unspecified atom stereocenters. The third-order valence-electron chi connectivity index (χ3n) is 4.25. The lowest BCUT2D eigenvalue weighted by molar-refractivity contribution is -0.136. The number of nitrogens with zero attached hydrogens (tertiary/aromatic N) is 1. The van der Waals surface area contributed by atoms with Crippen LogP contribution in [0.25, 0.3) is 0 Å². The minimum Gasteiger partial charge on any atom is -0.340 e. The van der Waals surface area contributed by atoms with Gasteiger partial charge in [0.05, 0.1) is 0 Å². The highest BCUT2D eigenvalue weighted by Crippen LogP contribution is 2.37. The summed E-state index contributed by atoms with van der Waals surface area (Å²) in [6.45, 7) is 1.45. The Morgan fingerprint density at radius 1 is 1.26 bits per heavy atom. The van der Waals surface area contributed by atoms with Crippen molar-refractivity contribution in [2.45, 2.75) is 30.6 Å². The molecule has 2 heterocycles. The summed E-state index contributed by atoms with van der Waals surface area (Å²) in [5.74, 6) is 0.908. The molecule has 2 N–H and O–H groups in total. The van der Waals surface area contributed by atoms with Crippen molar-refractivity contribution in [3.8, 4) is 0 Å². The molecule has 0 saturated carbocycles. The Morgan fingerprint density at radius 2 is 2.09 bits per heavy atom. The van der Waals surface area contributed by atoms with Crippen molar-refractivity contribution in [2.24, 2.45) is 0 Å². The molecular formula is C16H20ClN3O2S. The number of nitrogens with one attached hydrogen (secondary N) is 2. The summed E-state index contributed by atoms with van der Waals surface area (Å²) in [7, 11) is 0. The van der Waals surface area contributed by atoms with Crippen LogP contribution in [-0.4, -0.2) is 41.6 Å². The van der Waals surface area contributed by atoms with Crippen LogP contribution in [0.15, 0.2) is 24.3 Å².